The van der Waals surface area contributed by atoms with E-state index in [1.807, 2.05) is 36.0 Å². The lowest BCUT2D eigenvalue weighted by molar-refractivity contribution is -0.122. The van der Waals surface area contributed by atoms with Crippen LogP contribution >= 0.6 is 11.8 Å². The highest BCUT2D eigenvalue weighted by Crippen LogP contribution is 2.26. The number of thioether (sulfide) groups is 1. The number of hydrogen-bond donors (Lipinski definition) is 1. The molecule has 0 saturated carbocycles. The van der Waals surface area contributed by atoms with Crippen molar-refractivity contribution in [2.45, 2.75) is 45.3 Å². The van der Waals surface area contributed by atoms with Crippen molar-refractivity contribution in [2.75, 3.05) is 5.75 Å². The summed E-state index contributed by atoms with van der Waals surface area (Å²) in [6.45, 7) is 8.64. The van der Waals surface area contributed by atoms with Gasteiger partial charge in [0.05, 0.1) is 11.6 Å². The number of aryl methyl sites for hydroxylation is 2. The molecule has 26 heavy (non-hydrogen) atoms. The molecular formula is C21H25N3OS. The van der Waals surface area contributed by atoms with E-state index in [2.05, 4.69) is 49.3 Å². The normalized spacial score (nSPS) is 12.3. The third-order valence-corrected chi connectivity index (χ3v) is 5.55. The number of carbonyl (C=O) groups is 1. The number of benzene rings is 1. The number of hydrogen-bond acceptors (Lipinski definition) is 3. The molecule has 0 radical (unpaired) electrons. The van der Waals surface area contributed by atoms with E-state index in [9.17, 15) is 4.79 Å². The first-order valence-corrected chi connectivity index (χ1v) is 9.91. The van der Waals surface area contributed by atoms with Gasteiger partial charge in [-0.3, -0.25) is 4.79 Å². The molecule has 0 aliphatic rings. The van der Waals surface area contributed by atoms with E-state index >= 15 is 0 Å². The van der Waals surface area contributed by atoms with Crippen molar-refractivity contribution >= 4 is 28.6 Å². The Morgan fingerprint density at radius 3 is 2.77 bits per heavy atom. The predicted octanol–water partition coefficient (Wildman–Crippen LogP) is 4.64. The van der Waals surface area contributed by atoms with Crippen LogP contribution in [0.15, 0.2) is 47.8 Å². The highest BCUT2D eigenvalue weighted by Gasteiger charge is 2.13. The van der Waals surface area contributed by atoms with E-state index in [0.29, 0.717) is 6.54 Å². The zero-order valence-corrected chi connectivity index (χ0v) is 16.6. The van der Waals surface area contributed by atoms with E-state index in [1.165, 1.54) is 11.1 Å². The van der Waals surface area contributed by atoms with Gasteiger partial charge in [0.25, 0.3) is 0 Å². The van der Waals surface area contributed by atoms with Crippen molar-refractivity contribution in [1.82, 2.24) is 14.9 Å². The highest BCUT2D eigenvalue weighted by atomic mass is 32.2. The first-order chi connectivity index (χ1) is 12.5. The van der Waals surface area contributed by atoms with E-state index in [4.69, 9.17) is 0 Å². The molecule has 1 aromatic carbocycles. The monoisotopic (exact) mass is 367 g/mol. The number of rotatable bonds is 6. The molecule has 0 spiro atoms. The number of nitrogens with one attached hydrogen (secondary N) is 1. The van der Waals surface area contributed by atoms with E-state index in [1.54, 1.807) is 11.8 Å². The average Bonchev–Trinajstić information content (AvgIpc) is 3.01. The van der Waals surface area contributed by atoms with Crippen LogP contribution in [0.2, 0.25) is 0 Å². The first-order valence-electron chi connectivity index (χ1n) is 8.92. The van der Waals surface area contributed by atoms with Crippen molar-refractivity contribution < 1.29 is 4.79 Å². The number of pyridine rings is 1. The summed E-state index contributed by atoms with van der Waals surface area (Å²) in [5.41, 5.74) is 4.68. The molecule has 0 fully saturated rings. The van der Waals surface area contributed by atoms with Gasteiger partial charge in [-0.15, -0.1) is 11.8 Å². The van der Waals surface area contributed by atoms with Crippen molar-refractivity contribution in [3.8, 4) is 0 Å². The molecule has 2 aromatic heterocycles. The van der Waals surface area contributed by atoms with Crippen molar-refractivity contribution in [1.29, 1.82) is 0 Å². The van der Waals surface area contributed by atoms with Crippen LogP contribution in [0.25, 0.3) is 10.9 Å². The van der Waals surface area contributed by atoms with Crippen LogP contribution in [0.1, 0.15) is 36.6 Å². The zero-order chi connectivity index (χ0) is 18.7. The van der Waals surface area contributed by atoms with Gasteiger partial charge in [-0.05, 0) is 55.3 Å². The Bertz CT molecular complexity index is 932. The molecule has 0 aliphatic heterocycles. The Labute approximate surface area is 159 Å². The minimum Gasteiger partial charge on any atom is -0.348 e. The summed E-state index contributed by atoms with van der Waals surface area (Å²) >= 11 is 1.72. The van der Waals surface area contributed by atoms with Gasteiger partial charge in [0.15, 0.2) is 0 Å². The van der Waals surface area contributed by atoms with Crippen LogP contribution in [0.3, 0.4) is 0 Å². The summed E-state index contributed by atoms with van der Waals surface area (Å²) < 4.78 is 1.99. The van der Waals surface area contributed by atoms with Gasteiger partial charge in [-0.2, -0.15) is 0 Å². The second-order valence-electron chi connectivity index (χ2n) is 6.56. The van der Waals surface area contributed by atoms with E-state index < -0.39 is 0 Å². The van der Waals surface area contributed by atoms with Crippen LogP contribution in [0, 0.1) is 13.8 Å². The van der Waals surface area contributed by atoms with Crippen LogP contribution in [-0.2, 0) is 11.3 Å². The smallest absolute Gasteiger partial charge is 0.240 e. The van der Waals surface area contributed by atoms with Crippen LogP contribution in [0.4, 0.5) is 0 Å². The molecule has 1 atom stereocenters. The number of carbonyl (C=O) groups excluding carboxylic acids is 1. The Morgan fingerprint density at radius 1 is 1.23 bits per heavy atom. The number of nitrogens with zero attached hydrogens (tertiary/aromatic N) is 2. The SMILES string of the molecule is CCSc1nccc2c1ccn2CC(=O)NC(C)c1ccc(C)c(C)c1. The first kappa shape index (κ1) is 18.5. The molecule has 136 valence electrons. The molecule has 0 saturated heterocycles. The summed E-state index contributed by atoms with van der Waals surface area (Å²) in [4.78, 5) is 17.0. The van der Waals surface area contributed by atoms with Crippen molar-refractivity contribution in [3.63, 3.8) is 0 Å². The fraction of sp³-hybridized carbons (Fsp3) is 0.333. The fourth-order valence-corrected chi connectivity index (χ4v) is 3.78. The van der Waals surface area contributed by atoms with Gasteiger partial charge in [0, 0.05) is 17.8 Å². The minimum absolute atomic E-state index is 0.00901. The summed E-state index contributed by atoms with van der Waals surface area (Å²) in [6, 6.07) is 10.3. The maximum absolute atomic E-state index is 12.5. The summed E-state index contributed by atoms with van der Waals surface area (Å²) in [5, 5.41) is 5.23. The number of fused-ring (bicyclic) bond motifs is 1. The van der Waals surface area contributed by atoms with Crippen LogP contribution < -0.4 is 5.32 Å². The quantitative estimate of drug-likeness (QED) is 0.646. The summed E-state index contributed by atoms with van der Waals surface area (Å²) in [5.74, 6) is 0.986. The Morgan fingerprint density at radius 2 is 2.04 bits per heavy atom. The molecule has 3 aromatic rings. The fourth-order valence-electron chi connectivity index (χ4n) is 3.05. The summed E-state index contributed by atoms with van der Waals surface area (Å²) in [6.07, 6.45) is 3.78. The van der Waals surface area contributed by atoms with Crippen molar-refractivity contribution in [3.05, 3.63) is 59.4 Å². The Balaban J connectivity index is 1.72. The molecule has 2 heterocycles. The van der Waals surface area contributed by atoms with E-state index in [0.717, 1.165) is 27.2 Å². The molecule has 4 nitrogen and oxygen atoms in total. The topological polar surface area (TPSA) is 46.9 Å². The second-order valence-corrected chi connectivity index (χ2v) is 7.81. The number of aromatic nitrogens is 2. The second kappa shape index (κ2) is 7.96. The average molecular weight is 368 g/mol. The van der Waals surface area contributed by atoms with Gasteiger partial charge >= 0.3 is 0 Å². The third kappa shape index (κ3) is 3.93. The third-order valence-electron chi connectivity index (χ3n) is 4.66. The molecular weight excluding hydrogens is 342 g/mol. The van der Waals surface area contributed by atoms with E-state index in [-0.39, 0.29) is 11.9 Å². The Hall–Kier alpha value is -2.27. The largest absolute Gasteiger partial charge is 0.348 e. The molecule has 3 rings (SSSR count). The molecule has 0 bridgehead atoms. The van der Waals surface area contributed by atoms with Crippen LogP contribution in [0.5, 0.6) is 0 Å². The maximum Gasteiger partial charge on any atom is 0.240 e. The lowest BCUT2D eigenvalue weighted by atomic mass is 10.0. The van der Waals surface area contributed by atoms with Gasteiger partial charge in [-0.25, -0.2) is 4.98 Å². The summed E-state index contributed by atoms with van der Waals surface area (Å²) in [7, 11) is 0. The molecule has 1 unspecified atom stereocenters. The van der Waals surface area contributed by atoms with Crippen LogP contribution in [-0.4, -0.2) is 21.2 Å². The predicted molar refractivity (Wildman–Crippen MR) is 109 cm³/mol. The van der Waals surface area contributed by atoms with Gasteiger partial charge in [0.2, 0.25) is 5.91 Å². The van der Waals surface area contributed by atoms with Gasteiger partial charge < -0.3 is 9.88 Å². The molecule has 0 aliphatic carbocycles. The van der Waals surface area contributed by atoms with Crippen molar-refractivity contribution in [2.24, 2.45) is 0 Å². The zero-order valence-electron chi connectivity index (χ0n) is 15.7. The number of amides is 1. The standard InChI is InChI=1S/C21H25N3OS/c1-5-26-21-18-9-11-24(19(18)8-10-22-21)13-20(25)23-16(4)17-7-6-14(2)15(3)12-17/h6-12,16H,5,13H2,1-4H3,(H,23,25). The van der Waals surface area contributed by atoms with Gasteiger partial charge in [0.1, 0.15) is 11.6 Å². The van der Waals surface area contributed by atoms with Gasteiger partial charge in [-0.1, -0.05) is 25.1 Å². The highest BCUT2D eigenvalue weighted by molar-refractivity contribution is 7.99. The lowest BCUT2D eigenvalue weighted by Crippen LogP contribution is -2.30. The lowest BCUT2D eigenvalue weighted by Gasteiger charge is -2.16. The molecule has 1 N–H and O–H groups in total. The maximum atomic E-state index is 12.5. The Kier molecular flexibility index (Phi) is 5.67. The minimum atomic E-state index is -0.0171. The molecule has 5 heteroatoms. The molecule has 1 amide bonds.